The Hall–Kier alpha value is -1.20. The van der Waals surface area contributed by atoms with Gasteiger partial charge in [-0.3, -0.25) is 0 Å². The number of hydrogen-bond donors (Lipinski definition) is 0. The van der Waals surface area contributed by atoms with E-state index in [4.69, 9.17) is 4.74 Å². The van der Waals surface area contributed by atoms with Crippen LogP contribution in [0.5, 0.6) is 0 Å². The lowest BCUT2D eigenvalue weighted by Gasteiger charge is -2.05. The van der Waals surface area contributed by atoms with E-state index in [0.29, 0.717) is 11.6 Å². The minimum atomic E-state index is -0.316. The third kappa shape index (κ3) is 2.52. The fraction of sp³-hybridized carbons (Fsp3) is 0.333. The summed E-state index contributed by atoms with van der Waals surface area (Å²) in [6.07, 6.45) is 3.10. The number of thiazole rings is 1. The van der Waals surface area contributed by atoms with Crippen molar-refractivity contribution < 1.29 is 9.53 Å². The molecule has 0 fully saturated rings. The van der Waals surface area contributed by atoms with Crippen LogP contribution in [-0.2, 0) is 17.6 Å². The average molecular weight is 352 g/mol. The molecule has 2 aromatic rings. The highest BCUT2D eigenvalue weighted by Crippen LogP contribution is 2.36. The molecule has 0 aliphatic heterocycles. The van der Waals surface area contributed by atoms with Gasteiger partial charge in [-0.25, -0.2) is 9.78 Å². The predicted molar refractivity (Wildman–Crippen MR) is 83.2 cm³/mol. The molecule has 20 heavy (non-hydrogen) atoms. The van der Waals surface area contributed by atoms with Crippen LogP contribution in [0.2, 0.25) is 0 Å². The molecule has 0 N–H and O–H groups in total. The molecule has 0 saturated carbocycles. The Kier molecular flexibility index (Phi) is 3.89. The van der Waals surface area contributed by atoms with Crippen molar-refractivity contribution >= 4 is 33.2 Å². The lowest BCUT2D eigenvalue weighted by molar-refractivity contribution is 0.0526. The van der Waals surface area contributed by atoms with Crippen LogP contribution >= 0.6 is 27.3 Å². The number of halogens is 1. The third-order valence-electron chi connectivity index (χ3n) is 3.32. The minimum absolute atomic E-state index is 0.316. The Morgan fingerprint density at radius 3 is 3.10 bits per heavy atom. The van der Waals surface area contributed by atoms with Gasteiger partial charge in [0.15, 0.2) is 0 Å². The zero-order valence-electron chi connectivity index (χ0n) is 11.1. The van der Waals surface area contributed by atoms with Crippen molar-refractivity contribution in [1.29, 1.82) is 0 Å². The molecule has 0 amide bonds. The Balaban J connectivity index is 2.07. The lowest BCUT2D eigenvalue weighted by Crippen LogP contribution is -2.03. The van der Waals surface area contributed by atoms with Crippen molar-refractivity contribution in [1.82, 2.24) is 4.98 Å². The van der Waals surface area contributed by atoms with Crippen LogP contribution < -0.4 is 0 Å². The van der Waals surface area contributed by atoms with Gasteiger partial charge in [-0.1, -0.05) is 22.0 Å². The molecule has 104 valence electrons. The zero-order valence-corrected chi connectivity index (χ0v) is 13.5. The molecular weight excluding hydrogens is 338 g/mol. The molecule has 0 saturated heterocycles. The van der Waals surface area contributed by atoms with Crippen molar-refractivity contribution in [3.05, 3.63) is 38.1 Å². The summed E-state index contributed by atoms with van der Waals surface area (Å²) in [4.78, 5) is 17.6. The summed E-state index contributed by atoms with van der Waals surface area (Å²) in [5, 5.41) is 0.465. The van der Waals surface area contributed by atoms with Gasteiger partial charge < -0.3 is 4.74 Å². The largest absolute Gasteiger partial charge is 0.461 e. The topological polar surface area (TPSA) is 39.2 Å². The second-order valence-corrected chi connectivity index (χ2v) is 6.67. The number of rotatable bonds is 2. The number of benzene rings is 1. The van der Waals surface area contributed by atoms with Crippen molar-refractivity contribution in [2.45, 2.75) is 26.2 Å². The second kappa shape index (κ2) is 5.66. The lowest BCUT2D eigenvalue weighted by atomic mass is 10.0. The van der Waals surface area contributed by atoms with Gasteiger partial charge in [-0.2, -0.15) is 0 Å². The van der Waals surface area contributed by atoms with Crippen LogP contribution in [0.25, 0.3) is 11.3 Å². The molecule has 1 aromatic heterocycles. The van der Waals surface area contributed by atoms with E-state index in [1.165, 1.54) is 21.8 Å². The molecule has 5 heteroatoms. The summed E-state index contributed by atoms with van der Waals surface area (Å²) in [5.74, 6) is -0.316. The summed E-state index contributed by atoms with van der Waals surface area (Å²) >= 11 is 4.98. The first-order valence-corrected chi connectivity index (χ1v) is 8.25. The summed E-state index contributed by atoms with van der Waals surface area (Å²) in [6, 6.07) is 6.25. The number of fused-ring (bicyclic) bond motifs is 3. The molecule has 0 radical (unpaired) electrons. The van der Waals surface area contributed by atoms with Crippen LogP contribution in [0.3, 0.4) is 0 Å². The van der Waals surface area contributed by atoms with Crippen LogP contribution in [0, 0.1) is 0 Å². The van der Waals surface area contributed by atoms with Crippen LogP contribution in [0.4, 0.5) is 0 Å². The van der Waals surface area contributed by atoms with Gasteiger partial charge in [-0.05, 0) is 43.9 Å². The standard InChI is InChI=1S/C15H14BrNO2S/c1-2-19-15(18)14-17-13-11-7-6-10(16)8-9(11)4-3-5-12(13)20-14/h6-8H,2-5H2,1H3. The first-order chi connectivity index (χ1) is 9.69. The molecule has 1 aromatic carbocycles. The fourth-order valence-electron chi connectivity index (χ4n) is 2.45. The molecule has 0 spiro atoms. The number of aryl methyl sites for hydroxylation is 2. The van der Waals surface area contributed by atoms with Gasteiger partial charge in [0, 0.05) is 14.9 Å². The molecule has 1 heterocycles. The molecule has 1 aliphatic rings. The summed E-state index contributed by atoms with van der Waals surface area (Å²) in [6.45, 7) is 2.19. The van der Waals surface area contributed by atoms with Crippen molar-refractivity contribution in [3.8, 4) is 11.3 Å². The summed E-state index contributed by atoms with van der Waals surface area (Å²) < 4.78 is 6.13. The zero-order chi connectivity index (χ0) is 14.1. The summed E-state index contributed by atoms with van der Waals surface area (Å²) in [7, 11) is 0. The van der Waals surface area contributed by atoms with Crippen molar-refractivity contribution in [2.75, 3.05) is 6.61 Å². The van der Waals surface area contributed by atoms with Gasteiger partial charge in [0.1, 0.15) is 0 Å². The van der Waals surface area contributed by atoms with E-state index in [-0.39, 0.29) is 5.97 Å². The smallest absolute Gasteiger partial charge is 0.367 e. The summed E-state index contributed by atoms with van der Waals surface area (Å²) in [5.41, 5.74) is 3.39. The van der Waals surface area contributed by atoms with E-state index in [9.17, 15) is 4.79 Å². The molecule has 3 rings (SSSR count). The number of hydrogen-bond acceptors (Lipinski definition) is 4. The maximum atomic E-state index is 11.8. The second-order valence-electron chi connectivity index (χ2n) is 4.67. The van der Waals surface area contributed by atoms with E-state index in [1.807, 2.05) is 13.0 Å². The minimum Gasteiger partial charge on any atom is -0.461 e. The number of carbonyl (C=O) groups excluding carboxylic acids is 1. The average Bonchev–Trinajstić information content (AvgIpc) is 2.77. The maximum absolute atomic E-state index is 11.8. The molecule has 0 bridgehead atoms. The number of esters is 1. The highest BCUT2D eigenvalue weighted by atomic mass is 79.9. The van der Waals surface area contributed by atoms with E-state index in [0.717, 1.165) is 35.0 Å². The molecule has 1 aliphatic carbocycles. The number of aromatic nitrogens is 1. The van der Waals surface area contributed by atoms with Gasteiger partial charge in [-0.15, -0.1) is 11.3 Å². The molecule has 3 nitrogen and oxygen atoms in total. The Morgan fingerprint density at radius 2 is 2.30 bits per heavy atom. The number of nitrogens with zero attached hydrogens (tertiary/aromatic N) is 1. The first kappa shape index (κ1) is 13.8. The molecule has 0 unspecified atom stereocenters. The molecular formula is C15H14BrNO2S. The fourth-order valence-corrected chi connectivity index (χ4v) is 3.87. The predicted octanol–water partition coefficient (Wildman–Crippen LogP) is 4.24. The Bertz CT molecular complexity index is 666. The van der Waals surface area contributed by atoms with E-state index >= 15 is 0 Å². The van der Waals surface area contributed by atoms with Gasteiger partial charge in [0.2, 0.25) is 5.01 Å². The highest BCUT2D eigenvalue weighted by Gasteiger charge is 2.22. The van der Waals surface area contributed by atoms with E-state index in [2.05, 4.69) is 33.0 Å². The van der Waals surface area contributed by atoms with Gasteiger partial charge in [0.25, 0.3) is 0 Å². The first-order valence-electron chi connectivity index (χ1n) is 6.64. The number of carbonyl (C=O) groups is 1. The van der Waals surface area contributed by atoms with Crippen LogP contribution in [0.1, 0.15) is 33.6 Å². The third-order valence-corrected chi connectivity index (χ3v) is 4.91. The molecule has 0 atom stereocenters. The van der Waals surface area contributed by atoms with Crippen molar-refractivity contribution in [3.63, 3.8) is 0 Å². The van der Waals surface area contributed by atoms with E-state index < -0.39 is 0 Å². The van der Waals surface area contributed by atoms with E-state index in [1.54, 1.807) is 0 Å². The van der Waals surface area contributed by atoms with Crippen LogP contribution in [0.15, 0.2) is 22.7 Å². The monoisotopic (exact) mass is 351 g/mol. The normalized spacial score (nSPS) is 13.3. The maximum Gasteiger partial charge on any atom is 0.367 e. The quantitative estimate of drug-likeness (QED) is 0.759. The van der Waals surface area contributed by atoms with Gasteiger partial charge in [0.05, 0.1) is 12.3 Å². The highest BCUT2D eigenvalue weighted by molar-refractivity contribution is 9.10. The number of ether oxygens (including phenoxy) is 1. The van der Waals surface area contributed by atoms with Gasteiger partial charge >= 0.3 is 5.97 Å². The van der Waals surface area contributed by atoms with Crippen LogP contribution in [-0.4, -0.2) is 17.6 Å². The Labute approximate surface area is 130 Å². The van der Waals surface area contributed by atoms with Crippen molar-refractivity contribution in [2.24, 2.45) is 0 Å². The SMILES string of the molecule is CCOC(=O)c1nc2c(s1)CCCc1cc(Br)ccc1-2. The Morgan fingerprint density at radius 1 is 1.45 bits per heavy atom.